The van der Waals surface area contributed by atoms with Crippen molar-refractivity contribution in [3.05, 3.63) is 75.7 Å². The molecule has 0 aliphatic heterocycles. The van der Waals surface area contributed by atoms with E-state index in [-0.39, 0.29) is 5.91 Å². The summed E-state index contributed by atoms with van der Waals surface area (Å²) in [5, 5.41) is 14.5. The van der Waals surface area contributed by atoms with Gasteiger partial charge in [-0.3, -0.25) is 4.79 Å². The lowest BCUT2D eigenvalue weighted by Gasteiger charge is -2.05. The van der Waals surface area contributed by atoms with Gasteiger partial charge in [-0.05, 0) is 69.5 Å². The van der Waals surface area contributed by atoms with Gasteiger partial charge < -0.3 is 9.73 Å². The molecule has 158 valence electrons. The Morgan fingerprint density at radius 1 is 1.00 bits per heavy atom. The predicted octanol–water partition coefficient (Wildman–Crippen LogP) is 5.23. The van der Waals surface area contributed by atoms with Gasteiger partial charge in [-0.15, -0.1) is 21.5 Å². The number of hydrogen-bond donors (Lipinski definition) is 1. The summed E-state index contributed by atoms with van der Waals surface area (Å²) in [6, 6.07) is 15.1. The molecule has 0 aliphatic carbocycles. The summed E-state index contributed by atoms with van der Waals surface area (Å²) in [5.74, 6) is 0.830. The molecule has 0 saturated carbocycles. The predicted molar refractivity (Wildman–Crippen MR) is 122 cm³/mol. The molecular formula is C24H24N4O2S. The molecule has 1 amide bonds. The van der Waals surface area contributed by atoms with Crippen LogP contribution < -0.4 is 5.32 Å². The Hall–Kier alpha value is -3.32. The van der Waals surface area contributed by atoms with Crippen molar-refractivity contribution in [1.29, 1.82) is 0 Å². The highest BCUT2D eigenvalue weighted by atomic mass is 32.1. The first-order valence-electron chi connectivity index (χ1n) is 10.3. The summed E-state index contributed by atoms with van der Waals surface area (Å²) < 4.78 is 5.81. The standard InChI is InChI=1S/C24H24N4O2S/c1-16-6-5-7-20(14-16)24-28-27-23(30-24)19-11-9-18(10-12-19)22(29)25-13-4-3-8-21-26-17(2)15-31-21/h5-7,9-12,14-15H,3-4,8,13H2,1-2H3,(H,25,29). The Kier molecular flexibility index (Phi) is 6.52. The molecule has 6 nitrogen and oxygen atoms in total. The molecule has 2 heterocycles. The number of carbonyl (C=O) groups excluding carboxylic acids is 1. The van der Waals surface area contributed by atoms with Crippen molar-refractivity contribution < 1.29 is 9.21 Å². The normalized spacial score (nSPS) is 10.9. The van der Waals surface area contributed by atoms with E-state index in [4.69, 9.17) is 4.42 Å². The van der Waals surface area contributed by atoms with E-state index in [0.717, 1.165) is 46.7 Å². The van der Waals surface area contributed by atoms with Crippen LogP contribution in [0.25, 0.3) is 22.9 Å². The summed E-state index contributed by atoms with van der Waals surface area (Å²) in [4.78, 5) is 16.8. The van der Waals surface area contributed by atoms with Gasteiger partial charge in [0.25, 0.3) is 5.91 Å². The van der Waals surface area contributed by atoms with Crippen molar-refractivity contribution in [3.63, 3.8) is 0 Å². The molecule has 0 aliphatic rings. The van der Waals surface area contributed by atoms with Crippen LogP contribution in [-0.2, 0) is 6.42 Å². The Bertz CT molecular complexity index is 1160. The van der Waals surface area contributed by atoms with Gasteiger partial charge >= 0.3 is 0 Å². The van der Waals surface area contributed by atoms with Crippen LogP contribution in [0.5, 0.6) is 0 Å². The molecule has 0 spiro atoms. The van der Waals surface area contributed by atoms with E-state index in [1.807, 2.05) is 50.2 Å². The average Bonchev–Trinajstić information content (AvgIpc) is 3.43. The molecule has 2 aromatic heterocycles. The highest BCUT2D eigenvalue weighted by molar-refractivity contribution is 7.09. The lowest BCUT2D eigenvalue weighted by molar-refractivity contribution is 0.0953. The molecule has 0 saturated heterocycles. The number of hydrogen-bond acceptors (Lipinski definition) is 6. The molecule has 0 radical (unpaired) electrons. The van der Waals surface area contributed by atoms with E-state index in [0.29, 0.717) is 23.9 Å². The van der Waals surface area contributed by atoms with E-state index in [1.54, 1.807) is 23.5 Å². The second kappa shape index (κ2) is 9.66. The molecule has 0 unspecified atom stereocenters. The van der Waals surface area contributed by atoms with Gasteiger partial charge in [0.15, 0.2) is 0 Å². The average molecular weight is 433 g/mol. The second-order valence-electron chi connectivity index (χ2n) is 7.45. The second-order valence-corrected chi connectivity index (χ2v) is 8.40. The fourth-order valence-corrected chi connectivity index (χ4v) is 4.04. The number of benzene rings is 2. The van der Waals surface area contributed by atoms with Gasteiger partial charge in [0, 0.05) is 34.3 Å². The quantitative estimate of drug-likeness (QED) is 0.386. The smallest absolute Gasteiger partial charge is 0.251 e. The molecule has 7 heteroatoms. The third kappa shape index (κ3) is 5.44. The SMILES string of the molecule is Cc1cccc(-c2nnc(-c3ccc(C(=O)NCCCCc4nc(C)cs4)cc3)o2)c1. The van der Waals surface area contributed by atoms with Crippen LogP contribution >= 0.6 is 11.3 Å². The van der Waals surface area contributed by atoms with Crippen molar-refractivity contribution >= 4 is 17.2 Å². The number of rotatable bonds is 8. The molecule has 2 aromatic carbocycles. The van der Waals surface area contributed by atoms with E-state index in [1.165, 1.54) is 0 Å². The Balaban J connectivity index is 1.29. The van der Waals surface area contributed by atoms with Crippen LogP contribution in [0.4, 0.5) is 0 Å². The number of nitrogens with one attached hydrogen (secondary N) is 1. The third-order valence-electron chi connectivity index (χ3n) is 4.85. The number of aromatic nitrogens is 3. The zero-order valence-corrected chi connectivity index (χ0v) is 18.4. The van der Waals surface area contributed by atoms with Gasteiger partial charge in [0.2, 0.25) is 11.8 Å². The minimum absolute atomic E-state index is 0.0809. The van der Waals surface area contributed by atoms with Gasteiger partial charge in [0.1, 0.15) is 0 Å². The van der Waals surface area contributed by atoms with Crippen LogP contribution in [0.1, 0.15) is 39.5 Å². The maximum atomic E-state index is 12.4. The van der Waals surface area contributed by atoms with E-state index in [9.17, 15) is 4.79 Å². The lowest BCUT2D eigenvalue weighted by Crippen LogP contribution is -2.24. The minimum Gasteiger partial charge on any atom is -0.416 e. The Labute approximate surface area is 185 Å². The lowest BCUT2D eigenvalue weighted by atomic mass is 10.1. The van der Waals surface area contributed by atoms with Gasteiger partial charge in [-0.25, -0.2) is 4.98 Å². The monoisotopic (exact) mass is 432 g/mol. The summed E-state index contributed by atoms with van der Waals surface area (Å²) in [7, 11) is 0. The van der Waals surface area contributed by atoms with Gasteiger partial charge in [-0.2, -0.15) is 0 Å². The highest BCUT2D eigenvalue weighted by Gasteiger charge is 2.12. The minimum atomic E-state index is -0.0809. The van der Waals surface area contributed by atoms with E-state index < -0.39 is 0 Å². The number of nitrogens with zero attached hydrogens (tertiary/aromatic N) is 3. The van der Waals surface area contributed by atoms with Crippen LogP contribution in [-0.4, -0.2) is 27.6 Å². The van der Waals surface area contributed by atoms with E-state index >= 15 is 0 Å². The summed E-state index contributed by atoms with van der Waals surface area (Å²) in [5.41, 5.74) is 4.48. The highest BCUT2D eigenvalue weighted by Crippen LogP contribution is 2.24. The topological polar surface area (TPSA) is 80.9 Å². The molecule has 0 fully saturated rings. The van der Waals surface area contributed by atoms with Gasteiger partial charge in [0.05, 0.1) is 5.01 Å². The Morgan fingerprint density at radius 2 is 1.77 bits per heavy atom. The first-order valence-corrected chi connectivity index (χ1v) is 11.2. The zero-order valence-electron chi connectivity index (χ0n) is 17.6. The van der Waals surface area contributed by atoms with Crippen molar-refractivity contribution in [1.82, 2.24) is 20.5 Å². The van der Waals surface area contributed by atoms with Crippen LogP contribution in [0.2, 0.25) is 0 Å². The largest absolute Gasteiger partial charge is 0.416 e. The van der Waals surface area contributed by atoms with Crippen molar-refractivity contribution in [2.24, 2.45) is 0 Å². The first kappa shape index (κ1) is 20.9. The van der Waals surface area contributed by atoms with Gasteiger partial charge in [-0.1, -0.05) is 17.7 Å². The molecule has 4 rings (SSSR count). The van der Waals surface area contributed by atoms with Crippen molar-refractivity contribution in [2.75, 3.05) is 6.54 Å². The van der Waals surface area contributed by atoms with Crippen molar-refractivity contribution in [2.45, 2.75) is 33.1 Å². The number of carbonyl (C=O) groups is 1. The molecule has 4 aromatic rings. The number of thiazole rings is 1. The number of amides is 1. The maximum Gasteiger partial charge on any atom is 0.251 e. The van der Waals surface area contributed by atoms with Crippen molar-refractivity contribution in [3.8, 4) is 22.9 Å². The summed E-state index contributed by atoms with van der Waals surface area (Å²) in [6.45, 7) is 4.67. The summed E-state index contributed by atoms with van der Waals surface area (Å²) in [6.07, 6.45) is 2.89. The first-order chi connectivity index (χ1) is 15.1. The fraction of sp³-hybridized carbons (Fsp3) is 0.250. The van der Waals surface area contributed by atoms with Crippen LogP contribution in [0, 0.1) is 13.8 Å². The Morgan fingerprint density at radius 3 is 2.48 bits per heavy atom. The molecule has 1 N–H and O–H groups in total. The molecule has 31 heavy (non-hydrogen) atoms. The van der Waals surface area contributed by atoms with E-state index in [2.05, 4.69) is 25.9 Å². The molecule has 0 bridgehead atoms. The number of aryl methyl sites for hydroxylation is 3. The van der Waals surface area contributed by atoms with Crippen LogP contribution in [0.3, 0.4) is 0 Å². The fourth-order valence-electron chi connectivity index (χ4n) is 3.22. The number of unbranched alkanes of at least 4 members (excludes halogenated alkanes) is 1. The zero-order chi connectivity index (χ0) is 21.6. The molecule has 0 atom stereocenters. The maximum absolute atomic E-state index is 12.4. The third-order valence-corrected chi connectivity index (χ3v) is 5.88. The van der Waals surface area contributed by atoms with Crippen LogP contribution in [0.15, 0.2) is 58.3 Å². The molecular weight excluding hydrogens is 408 g/mol. The summed E-state index contributed by atoms with van der Waals surface area (Å²) >= 11 is 1.70.